The molecule has 0 saturated carbocycles. The van der Waals surface area contributed by atoms with Gasteiger partial charge in [-0.3, -0.25) is 19.7 Å². The third-order valence-electron chi connectivity index (χ3n) is 2.55. The SMILES string of the molecule is CN(C)C(=O)C(CC(=O)O)Nc1ccccc1[N+](=O)[O-]. The number of hydrogen-bond acceptors (Lipinski definition) is 5. The Balaban J connectivity index is 3.04. The minimum atomic E-state index is -1.17. The van der Waals surface area contributed by atoms with Crippen LogP contribution in [0.1, 0.15) is 6.42 Å². The van der Waals surface area contributed by atoms with Gasteiger partial charge in [0.05, 0.1) is 11.3 Å². The first-order valence-electron chi connectivity index (χ1n) is 5.76. The molecule has 1 aromatic rings. The number of nitrogens with zero attached hydrogens (tertiary/aromatic N) is 2. The topological polar surface area (TPSA) is 113 Å². The number of rotatable bonds is 6. The lowest BCUT2D eigenvalue weighted by Gasteiger charge is -2.21. The highest BCUT2D eigenvalue weighted by Crippen LogP contribution is 2.24. The van der Waals surface area contributed by atoms with E-state index in [1.54, 1.807) is 6.07 Å². The minimum absolute atomic E-state index is 0.110. The van der Waals surface area contributed by atoms with Crippen LogP contribution in [-0.2, 0) is 9.59 Å². The van der Waals surface area contributed by atoms with Crippen molar-refractivity contribution >= 4 is 23.3 Å². The molecule has 8 heteroatoms. The predicted molar refractivity (Wildman–Crippen MR) is 71.5 cm³/mol. The van der Waals surface area contributed by atoms with E-state index in [2.05, 4.69) is 5.32 Å². The monoisotopic (exact) mass is 281 g/mol. The zero-order valence-corrected chi connectivity index (χ0v) is 11.1. The van der Waals surface area contributed by atoms with Crippen LogP contribution >= 0.6 is 0 Å². The number of amides is 1. The number of nitro benzene ring substituents is 1. The predicted octanol–water partition coefficient (Wildman–Crippen LogP) is 0.938. The summed E-state index contributed by atoms with van der Waals surface area (Å²) in [7, 11) is 2.97. The molecule has 0 fully saturated rings. The van der Waals surface area contributed by atoms with Gasteiger partial charge in [0.25, 0.3) is 5.69 Å². The summed E-state index contributed by atoms with van der Waals surface area (Å²) in [5.41, 5.74) is -0.103. The van der Waals surface area contributed by atoms with E-state index in [4.69, 9.17) is 5.11 Å². The normalized spacial score (nSPS) is 11.5. The van der Waals surface area contributed by atoms with Crippen LogP contribution in [0.2, 0.25) is 0 Å². The van der Waals surface area contributed by atoms with Crippen molar-refractivity contribution in [1.29, 1.82) is 0 Å². The maximum Gasteiger partial charge on any atom is 0.305 e. The van der Waals surface area contributed by atoms with Crippen LogP contribution in [0.3, 0.4) is 0 Å². The fourth-order valence-electron chi connectivity index (χ4n) is 1.63. The average molecular weight is 281 g/mol. The van der Waals surface area contributed by atoms with E-state index < -0.39 is 29.3 Å². The summed E-state index contributed by atoms with van der Waals surface area (Å²) < 4.78 is 0. The Bertz CT molecular complexity index is 530. The van der Waals surface area contributed by atoms with Crippen LogP contribution in [0.5, 0.6) is 0 Å². The smallest absolute Gasteiger partial charge is 0.305 e. The molecule has 0 heterocycles. The highest BCUT2D eigenvalue weighted by molar-refractivity contribution is 5.89. The Morgan fingerprint density at radius 2 is 2.00 bits per heavy atom. The standard InChI is InChI=1S/C12H15N3O5/c1-14(2)12(18)9(7-11(16)17)13-8-5-3-4-6-10(8)15(19)20/h3-6,9,13H,7H2,1-2H3,(H,16,17). The van der Waals surface area contributed by atoms with Crippen molar-refractivity contribution in [2.24, 2.45) is 0 Å². The summed E-state index contributed by atoms with van der Waals surface area (Å²) >= 11 is 0. The van der Waals surface area contributed by atoms with E-state index in [1.165, 1.54) is 37.2 Å². The number of anilines is 1. The number of carbonyl (C=O) groups excluding carboxylic acids is 1. The van der Waals surface area contributed by atoms with E-state index in [-0.39, 0.29) is 11.4 Å². The lowest BCUT2D eigenvalue weighted by atomic mass is 10.1. The molecule has 0 saturated heterocycles. The first-order chi connectivity index (χ1) is 9.32. The second-order valence-corrected chi connectivity index (χ2v) is 4.30. The Hall–Kier alpha value is -2.64. The number of aliphatic carboxylic acids is 1. The number of nitrogens with one attached hydrogen (secondary N) is 1. The molecule has 0 radical (unpaired) electrons. The lowest BCUT2D eigenvalue weighted by Crippen LogP contribution is -2.40. The number of likely N-dealkylation sites (N-methyl/N-ethyl adjacent to an activating group) is 1. The molecule has 1 unspecified atom stereocenters. The Kier molecular flexibility index (Phi) is 5.01. The van der Waals surface area contributed by atoms with Crippen molar-refractivity contribution in [3.63, 3.8) is 0 Å². The Morgan fingerprint density at radius 1 is 1.40 bits per heavy atom. The maximum absolute atomic E-state index is 11.9. The Morgan fingerprint density at radius 3 is 2.50 bits per heavy atom. The highest BCUT2D eigenvalue weighted by atomic mass is 16.6. The van der Waals surface area contributed by atoms with E-state index in [0.717, 1.165) is 0 Å². The first kappa shape index (κ1) is 15.4. The first-order valence-corrected chi connectivity index (χ1v) is 5.76. The van der Waals surface area contributed by atoms with Crippen LogP contribution < -0.4 is 5.32 Å². The number of nitro groups is 1. The van der Waals surface area contributed by atoms with Crippen molar-refractivity contribution < 1.29 is 19.6 Å². The fraction of sp³-hybridized carbons (Fsp3) is 0.333. The molecular weight excluding hydrogens is 266 g/mol. The minimum Gasteiger partial charge on any atom is -0.481 e. The number of carboxylic acid groups (broad SMARTS) is 1. The van der Waals surface area contributed by atoms with Crippen LogP contribution in [0.15, 0.2) is 24.3 Å². The van der Waals surface area contributed by atoms with Crippen molar-refractivity contribution in [2.75, 3.05) is 19.4 Å². The van der Waals surface area contributed by atoms with Crippen molar-refractivity contribution in [1.82, 2.24) is 4.90 Å². The fourth-order valence-corrected chi connectivity index (χ4v) is 1.63. The zero-order chi connectivity index (χ0) is 15.3. The second kappa shape index (κ2) is 6.50. The molecule has 1 aromatic carbocycles. The van der Waals surface area contributed by atoms with E-state index in [0.29, 0.717) is 0 Å². The summed E-state index contributed by atoms with van der Waals surface area (Å²) in [6.07, 6.45) is -0.469. The molecule has 1 atom stereocenters. The summed E-state index contributed by atoms with van der Waals surface area (Å²) in [4.78, 5) is 34.2. The third kappa shape index (κ3) is 3.94. The van der Waals surface area contributed by atoms with Gasteiger partial charge < -0.3 is 15.3 Å². The van der Waals surface area contributed by atoms with Gasteiger partial charge in [0.2, 0.25) is 5.91 Å². The van der Waals surface area contributed by atoms with Gasteiger partial charge in [-0.05, 0) is 6.07 Å². The van der Waals surface area contributed by atoms with Crippen LogP contribution in [-0.4, -0.2) is 46.9 Å². The zero-order valence-electron chi connectivity index (χ0n) is 11.1. The van der Waals surface area contributed by atoms with Crippen molar-refractivity contribution in [3.8, 4) is 0 Å². The van der Waals surface area contributed by atoms with Crippen LogP contribution in [0.4, 0.5) is 11.4 Å². The van der Waals surface area contributed by atoms with Crippen LogP contribution in [0.25, 0.3) is 0 Å². The molecule has 0 aromatic heterocycles. The number of carboxylic acids is 1. The lowest BCUT2D eigenvalue weighted by molar-refractivity contribution is -0.384. The van der Waals surface area contributed by atoms with Crippen LogP contribution in [0, 0.1) is 10.1 Å². The molecule has 8 nitrogen and oxygen atoms in total. The molecule has 0 bridgehead atoms. The number of benzene rings is 1. The molecule has 0 spiro atoms. The molecule has 1 rings (SSSR count). The molecule has 1 amide bonds. The summed E-state index contributed by atoms with van der Waals surface area (Å²) in [6, 6.07) is 4.69. The van der Waals surface area contributed by atoms with E-state index in [1.807, 2.05) is 0 Å². The molecular formula is C12H15N3O5. The second-order valence-electron chi connectivity index (χ2n) is 4.30. The van der Waals surface area contributed by atoms with Gasteiger partial charge in [0.15, 0.2) is 0 Å². The molecule has 0 aliphatic carbocycles. The number of para-hydroxylation sites is 2. The van der Waals surface area contributed by atoms with E-state index in [9.17, 15) is 19.7 Å². The molecule has 20 heavy (non-hydrogen) atoms. The van der Waals surface area contributed by atoms with Gasteiger partial charge >= 0.3 is 5.97 Å². The average Bonchev–Trinajstić information content (AvgIpc) is 2.36. The summed E-state index contributed by atoms with van der Waals surface area (Å²) in [5.74, 6) is -1.64. The van der Waals surface area contributed by atoms with Gasteiger partial charge in [0.1, 0.15) is 11.7 Å². The van der Waals surface area contributed by atoms with Gasteiger partial charge in [0, 0.05) is 20.2 Å². The third-order valence-corrected chi connectivity index (χ3v) is 2.55. The summed E-state index contributed by atoms with van der Waals surface area (Å²) in [5, 5.41) is 22.3. The number of carbonyl (C=O) groups is 2. The molecule has 0 aliphatic rings. The molecule has 108 valence electrons. The molecule has 0 aliphatic heterocycles. The Labute approximate surface area is 115 Å². The van der Waals surface area contributed by atoms with Gasteiger partial charge in [-0.1, -0.05) is 12.1 Å². The maximum atomic E-state index is 11.9. The van der Waals surface area contributed by atoms with Gasteiger partial charge in [-0.2, -0.15) is 0 Å². The highest BCUT2D eigenvalue weighted by Gasteiger charge is 2.25. The quantitative estimate of drug-likeness (QED) is 0.592. The van der Waals surface area contributed by atoms with Crippen molar-refractivity contribution in [3.05, 3.63) is 34.4 Å². The largest absolute Gasteiger partial charge is 0.481 e. The van der Waals surface area contributed by atoms with Crippen molar-refractivity contribution in [2.45, 2.75) is 12.5 Å². The van der Waals surface area contributed by atoms with Gasteiger partial charge in [-0.25, -0.2) is 0 Å². The summed E-state index contributed by atoms with van der Waals surface area (Å²) in [6.45, 7) is 0. The van der Waals surface area contributed by atoms with E-state index >= 15 is 0 Å². The van der Waals surface area contributed by atoms with Gasteiger partial charge in [-0.15, -0.1) is 0 Å². The molecule has 2 N–H and O–H groups in total. The number of hydrogen-bond donors (Lipinski definition) is 2.